The second-order valence-electron chi connectivity index (χ2n) is 6.29. The smallest absolute Gasteiger partial charge is 0.276 e. The maximum atomic E-state index is 13.3. The van der Waals surface area contributed by atoms with Crippen molar-refractivity contribution in [1.29, 1.82) is 0 Å². The molecule has 25 heavy (non-hydrogen) atoms. The normalized spacial score (nSPS) is 22.5. The molecule has 4 rings (SSSR count). The van der Waals surface area contributed by atoms with Crippen LogP contribution in [0.25, 0.3) is 11.1 Å². The molecule has 1 atom stereocenters. The molecule has 1 unspecified atom stereocenters. The molecule has 0 saturated carbocycles. The summed E-state index contributed by atoms with van der Waals surface area (Å²) >= 11 is 0. The zero-order valence-corrected chi connectivity index (χ0v) is 13.9. The van der Waals surface area contributed by atoms with Gasteiger partial charge in [-0.15, -0.1) is 0 Å². The Hall–Kier alpha value is -3.21. The summed E-state index contributed by atoms with van der Waals surface area (Å²) in [4.78, 5) is 39.3. The Morgan fingerprint density at radius 2 is 1.56 bits per heavy atom. The summed E-state index contributed by atoms with van der Waals surface area (Å²) in [6.07, 6.45) is 0. The number of benzene rings is 2. The number of carbonyl (C=O) groups excluding carboxylic acids is 3. The third-order valence-electron chi connectivity index (χ3n) is 5.04. The van der Waals surface area contributed by atoms with Crippen LogP contribution in [0.15, 0.2) is 54.6 Å². The number of nitrogens with one attached hydrogen (secondary N) is 1. The third-order valence-corrected chi connectivity index (χ3v) is 5.04. The van der Waals surface area contributed by atoms with E-state index in [4.69, 9.17) is 0 Å². The monoisotopic (exact) mass is 332 g/mol. The predicted octanol–water partition coefficient (Wildman–Crippen LogP) is 2.58. The van der Waals surface area contributed by atoms with E-state index in [1.165, 1.54) is 7.05 Å². The number of imide groups is 2. The van der Waals surface area contributed by atoms with E-state index in [2.05, 4.69) is 5.32 Å². The lowest BCUT2D eigenvalue weighted by Crippen LogP contribution is -2.64. The van der Waals surface area contributed by atoms with Crippen molar-refractivity contribution in [2.45, 2.75) is 12.3 Å². The fraction of sp³-hybridized carbons (Fsp3) is 0.150. The average molecular weight is 332 g/mol. The largest absolute Gasteiger partial charge is 0.330 e. The first kappa shape index (κ1) is 15.3. The van der Waals surface area contributed by atoms with Gasteiger partial charge in [0.2, 0.25) is 0 Å². The molecule has 0 radical (unpaired) electrons. The second-order valence-corrected chi connectivity index (χ2v) is 6.29. The third kappa shape index (κ3) is 1.80. The van der Waals surface area contributed by atoms with Crippen LogP contribution in [0.5, 0.6) is 0 Å². The summed E-state index contributed by atoms with van der Waals surface area (Å²) in [6, 6.07) is 16.0. The van der Waals surface area contributed by atoms with E-state index in [-0.39, 0.29) is 0 Å². The standard InChI is InChI=1S/C20H16N2O3/c1-12-14-10-6-7-11-15(14)20(16(12)13-8-4-3-5-9-13)17(23)21-19(25)22(2)18(20)24/h3-11H,1-2H3,(H,21,23,25). The zero-order valence-electron chi connectivity index (χ0n) is 13.9. The highest BCUT2D eigenvalue weighted by atomic mass is 16.2. The Bertz CT molecular complexity index is 962. The van der Waals surface area contributed by atoms with Crippen LogP contribution in [0.3, 0.4) is 0 Å². The van der Waals surface area contributed by atoms with E-state index in [1.54, 1.807) is 12.1 Å². The van der Waals surface area contributed by atoms with Crippen LogP contribution in [0.4, 0.5) is 4.79 Å². The lowest BCUT2D eigenvalue weighted by atomic mass is 9.71. The van der Waals surface area contributed by atoms with Gasteiger partial charge in [-0.05, 0) is 34.8 Å². The highest BCUT2D eigenvalue weighted by Gasteiger charge is 2.60. The highest BCUT2D eigenvalue weighted by molar-refractivity contribution is 6.34. The summed E-state index contributed by atoms with van der Waals surface area (Å²) in [6.45, 7) is 1.91. The second kappa shape index (κ2) is 5.14. The van der Waals surface area contributed by atoms with Crippen LogP contribution >= 0.6 is 0 Å². The minimum atomic E-state index is -1.54. The number of likely N-dealkylation sites (N-methyl/N-ethyl adjacent to an activating group) is 1. The Balaban J connectivity index is 2.09. The van der Waals surface area contributed by atoms with Gasteiger partial charge in [-0.2, -0.15) is 0 Å². The molecule has 2 aromatic carbocycles. The molecule has 1 spiro atoms. The Kier molecular flexibility index (Phi) is 3.15. The van der Waals surface area contributed by atoms with Crippen molar-refractivity contribution in [3.63, 3.8) is 0 Å². The first-order valence-corrected chi connectivity index (χ1v) is 7.99. The number of hydrogen-bond donors (Lipinski definition) is 1. The molecule has 5 heteroatoms. The lowest BCUT2D eigenvalue weighted by molar-refractivity contribution is -0.141. The van der Waals surface area contributed by atoms with Gasteiger partial charge in [-0.3, -0.25) is 19.8 Å². The molecule has 2 aromatic rings. The first-order valence-electron chi connectivity index (χ1n) is 7.99. The molecule has 0 bridgehead atoms. The van der Waals surface area contributed by atoms with Gasteiger partial charge in [0.25, 0.3) is 11.8 Å². The van der Waals surface area contributed by atoms with Crippen LogP contribution in [0.2, 0.25) is 0 Å². The fourth-order valence-electron chi connectivity index (χ4n) is 3.90. The number of nitrogens with zero attached hydrogens (tertiary/aromatic N) is 1. The van der Waals surface area contributed by atoms with Gasteiger partial charge in [0.05, 0.1) is 0 Å². The van der Waals surface area contributed by atoms with Gasteiger partial charge in [0.1, 0.15) is 0 Å². The van der Waals surface area contributed by atoms with Gasteiger partial charge < -0.3 is 0 Å². The molecular formula is C20H16N2O3. The van der Waals surface area contributed by atoms with Crippen LogP contribution in [0, 0.1) is 0 Å². The fourth-order valence-corrected chi connectivity index (χ4v) is 3.90. The summed E-state index contributed by atoms with van der Waals surface area (Å²) in [7, 11) is 1.39. The Morgan fingerprint density at radius 1 is 0.920 bits per heavy atom. The SMILES string of the molecule is CC1=C(c2ccccc2)C2(C(=O)NC(=O)N(C)C2=O)c2ccccc21. The van der Waals surface area contributed by atoms with Crippen molar-refractivity contribution < 1.29 is 14.4 Å². The number of urea groups is 1. The van der Waals surface area contributed by atoms with E-state index < -0.39 is 23.3 Å². The van der Waals surface area contributed by atoms with Crippen molar-refractivity contribution in [3.8, 4) is 0 Å². The van der Waals surface area contributed by atoms with Crippen molar-refractivity contribution in [1.82, 2.24) is 10.2 Å². The van der Waals surface area contributed by atoms with Gasteiger partial charge in [-0.25, -0.2) is 4.79 Å². The van der Waals surface area contributed by atoms with Crippen LogP contribution in [0.1, 0.15) is 23.6 Å². The molecule has 2 aliphatic rings. The number of barbiturate groups is 1. The van der Waals surface area contributed by atoms with Crippen molar-refractivity contribution in [2.75, 3.05) is 7.05 Å². The molecule has 4 amide bonds. The number of rotatable bonds is 1. The number of hydrogen-bond acceptors (Lipinski definition) is 3. The average Bonchev–Trinajstić information content (AvgIpc) is 2.90. The molecule has 1 saturated heterocycles. The molecule has 1 fully saturated rings. The number of amides is 4. The van der Waals surface area contributed by atoms with E-state index in [1.807, 2.05) is 49.4 Å². The first-order chi connectivity index (χ1) is 12.0. The molecule has 1 heterocycles. The zero-order chi connectivity index (χ0) is 17.8. The molecule has 1 aliphatic heterocycles. The van der Waals surface area contributed by atoms with Crippen LogP contribution in [-0.4, -0.2) is 29.8 Å². The van der Waals surface area contributed by atoms with Gasteiger partial charge in [0.15, 0.2) is 5.41 Å². The van der Waals surface area contributed by atoms with Crippen LogP contribution < -0.4 is 5.32 Å². The van der Waals surface area contributed by atoms with Crippen molar-refractivity contribution >= 4 is 29.0 Å². The summed E-state index contributed by atoms with van der Waals surface area (Å²) in [5.41, 5.74) is 2.23. The topological polar surface area (TPSA) is 66.5 Å². The molecule has 5 nitrogen and oxygen atoms in total. The van der Waals surface area contributed by atoms with E-state index in [0.717, 1.165) is 21.6 Å². The highest BCUT2D eigenvalue weighted by Crippen LogP contribution is 2.52. The predicted molar refractivity (Wildman–Crippen MR) is 93.4 cm³/mol. The summed E-state index contributed by atoms with van der Waals surface area (Å²) in [5, 5.41) is 2.35. The summed E-state index contributed by atoms with van der Waals surface area (Å²) < 4.78 is 0. The van der Waals surface area contributed by atoms with Crippen molar-refractivity contribution in [3.05, 3.63) is 71.3 Å². The Labute approximate surface area is 145 Å². The van der Waals surface area contributed by atoms with E-state index in [0.29, 0.717) is 11.1 Å². The number of allylic oxidation sites excluding steroid dienone is 1. The Morgan fingerprint density at radius 3 is 2.28 bits per heavy atom. The number of fused-ring (bicyclic) bond motifs is 2. The van der Waals surface area contributed by atoms with Gasteiger partial charge in [-0.1, -0.05) is 54.6 Å². The molecule has 0 aromatic heterocycles. The van der Waals surface area contributed by atoms with Crippen molar-refractivity contribution in [2.24, 2.45) is 0 Å². The lowest BCUT2D eigenvalue weighted by Gasteiger charge is -2.38. The molecule has 124 valence electrons. The minimum Gasteiger partial charge on any atom is -0.276 e. The molecule has 1 N–H and O–H groups in total. The minimum absolute atomic E-state index is 0.524. The maximum absolute atomic E-state index is 13.3. The maximum Gasteiger partial charge on any atom is 0.330 e. The summed E-state index contributed by atoms with van der Waals surface area (Å²) in [5.74, 6) is -1.12. The number of carbonyl (C=O) groups is 3. The molecule has 1 aliphatic carbocycles. The quantitative estimate of drug-likeness (QED) is 0.816. The van der Waals surface area contributed by atoms with Gasteiger partial charge in [0, 0.05) is 7.05 Å². The van der Waals surface area contributed by atoms with Crippen LogP contribution in [-0.2, 0) is 15.0 Å². The van der Waals surface area contributed by atoms with E-state index >= 15 is 0 Å². The molecular weight excluding hydrogens is 316 g/mol. The van der Waals surface area contributed by atoms with Gasteiger partial charge >= 0.3 is 6.03 Å². The van der Waals surface area contributed by atoms with E-state index in [9.17, 15) is 14.4 Å².